The monoisotopic (exact) mass is 257 g/mol. The third-order valence-corrected chi connectivity index (χ3v) is 4.51. The number of H-pyrrole nitrogens is 1. The van der Waals surface area contributed by atoms with E-state index in [0.717, 1.165) is 16.9 Å². The summed E-state index contributed by atoms with van der Waals surface area (Å²) in [5, 5.41) is 0. The summed E-state index contributed by atoms with van der Waals surface area (Å²) in [6, 6.07) is 9.93. The Hall–Kier alpha value is -1.35. The predicted octanol–water partition coefficient (Wildman–Crippen LogP) is 3.89. The van der Waals surface area contributed by atoms with Crippen LogP contribution in [0.3, 0.4) is 0 Å². The molecular formula is C16H23N3. The molecule has 2 aromatic rings. The molecule has 2 heterocycles. The molecule has 3 nitrogen and oxygen atoms in total. The lowest BCUT2D eigenvalue weighted by Gasteiger charge is -2.42. The Kier molecular flexibility index (Phi) is 3.31. The Morgan fingerprint density at radius 1 is 1.21 bits per heavy atom. The van der Waals surface area contributed by atoms with Gasteiger partial charge < -0.3 is 4.98 Å². The van der Waals surface area contributed by atoms with Crippen molar-refractivity contribution in [3.63, 3.8) is 0 Å². The molecule has 1 fully saturated rings. The molecule has 3 atom stereocenters. The molecule has 1 N–H and O–H groups in total. The van der Waals surface area contributed by atoms with E-state index in [1.54, 1.807) is 0 Å². The highest BCUT2D eigenvalue weighted by Crippen LogP contribution is 2.31. The summed E-state index contributed by atoms with van der Waals surface area (Å²) in [6.45, 7) is 6.96. The van der Waals surface area contributed by atoms with E-state index in [-0.39, 0.29) is 0 Å². The lowest BCUT2D eigenvalue weighted by molar-refractivity contribution is 0.0590. The van der Waals surface area contributed by atoms with E-state index in [4.69, 9.17) is 4.98 Å². The average molecular weight is 257 g/mol. The second-order valence-electron chi connectivity index (χ2n) is 5.89. The van der Waals surface area contributed by atoms with Crippen molar-refractivity contribution in [3.05, 3.63) is 30.1 Å². The topological polar surface area (TPSA) is 31.9 Å². The fraction of sp³-hybridized carbons (Fsp3) is 0.562. The van der Waals surface area contributed by atoms with Crippen LogP contribution in [-0.2, 0) is 0 Å². The minimum absolute atomic E-state index is 0.359. The number of benzene rings is 1. The third-order valence-electron chi connectivity index (χ3n) is 4.51. The molecule has 19 heavy (non-hydrogen) atoms. The van der Waals surface area contributed by atoms with E-state index in [2.05, 4.69) is 48.9 Å². The van der Waals surface area contributed by atoms with Gasteiger partial charge in [0.1, 0.15) is 5.82 Å². The van der Waals surface area contributed by atoms with Crippen LogP contribution in [0, 0.1) is 0 Å². The number of hydrogen-bond donors (Lipinski definition) is 1. The van der Waals surface area contributed by atoms with Gasteiger partial charge in [0.15, 0.2) is 0 Å². The number of hydrogen-bond acceptors (Lipinski definition) is 2. The normalized spacial score (nSPS) is 26.7. The largest absolute Gasteiger partial charge is 0.341 e. The van der Waals surface area contributed by atoms with Gasteiger partial charge in [0.05, 0.1) is 17.1 Å². The maximum absolute atomic E-state index is 4.76. The van der Waals surface area contributed by atoms with E-state index in [1.807, 2.05) is 6.07 Å². The molecule has 1 aliphatic heterocycles. The van der Waals surface area contributed by atoms with Gasteiger partial charge in [-0.1, -0.05) is 18.6 Å². The lowest BCUT2D eigenvalue weighted by Crippen LogP contribution is -2.45. The summed E-state index contributed by atoms with van der Waals surface area (Å²) in [7, 11) is 0. The van der Waals surface area contributed by atoms with E-state index in [9.17, 15) is 0 Å². The van der Waals surface area contributed by atoms with Gasteiger partial charge in [0.2, 0.25) is 0 Å². The quantitative estimate of drug-likeness (QED) is 0.885. The second kappa shape index (κ2) is 4.97. The van der Waals surface area contributed by atoms with Crippen LogP contribution in [0.25, 0.3) is 11.0 Å². The summed E-state index contributed by atoms with van der Waals surface area (Å²) in [6.07, 6.45) is 3.95. The Morgan fingerprint density at radius 3 is 2.58 bits per heavy atom. The number of aromatic nitrogens is 2. The smallest absolute Gasteiger partial charge is 0.124 e. The third kappa shape index (κ3) is 2.27. The van der Waals surface area contributed by atoms with Gasteiger partial charge in [-0.25, -0.2) is 4.98 Å². The predicted molar refractivity (Wildman–Crippen MR) is 79.1 cm³/mol. The minimum Gasteiger partial charge on any atom is -0.341 e. The summed E-state index contributed by atoms with van der Waals surface area (Å²) in [4.78, 5) is 10.9. The molecule has 0 saturated carbocycles. The Morgan fingerprint density at radius 2 is 1.89 bits per heavy atom. The molecule has 0 bridgehead atoms. The van der Waals surface area contributed by atoms with Crippen molar-refractivity contribution in [1.29, 1.82) is 0 Å². The molecule has 1 aromatic carbocycles. The summed E-state index contributed by atoms with van der Waals surface area (Å²) >= 11 is 0. The van der Waals surface area contributed by atoms with Gasteiger partial charge in [-0.05, 0) is 45.7 Å². The molecule has 1 aliphatic rings. The van der Waals surface area contributed by atoms with Crippen LogP contribution >= 0.6 is 0 Å². The van der Waals surface area contributed by atoms with Crippen molar-refractivity contribution in [2.75, 3.05) is 0 Å². The summed E-state index contributed by atoms with van der Waals surface area (Å²) in [5.41, 5.74) is 2.21. The first-order valence-electron chi connectivity index (χ1n) is 7.39. The molecular weight excluding hydrogens is 234 g/mol. The Bertz CT molecular complexity index is 517. The standard InChI is InChI=1S/C16H23N3/c1-11-7-6-8-12(2)19(11)13(3)16-17-14-9-4-5-10-15(14)18-16/h4-5,9-13H,6-8H2,1-3H3,(H,17,18). The van der Waals surface area contributed by atoms with E-state index in [0.29, 0.717) is 18.1 Å². The number of imidazole rings is 1. The first kappa shape index (κ1) is 12.7. The van der Waals surface area contributed by atoms with Crippen molar-refractivity contribution in [2.24, 2.45) is 0 Å². The molecule has 1 aromatic heterocycles. The van der Waals surface area contributed by atoms with Gasteiger partial charge in [-0.2, -0.15) is 0 Å². The minimum atomic E-state index is 0.359. The molecule has 0 aliphatic carbocycles. The fourth-order valence-electron chi connectivity index (χ4n) is 3.52. The van der Waals surface area contributed by atoms with Crippen LogP contribution in [0.5, 0.6) is 0 Å². The van der Waals surface area contributed by atoms with Crippen molar-refractivity contribution >= 4 is 11.0 Å². The first-order valence-corrected chi connectivity index (χ1v) is 7.39. The maximum atomic E-state index is 4.76. The molecule has 102 valence electrons. The van der Waals surface area contributed by atoms with Gasteiger partial charge in [0.25, 0.3) is 0 Å². The maximum Gasteiger partial charge on any atom is 0.124 e. The Balaban J connectivity index is 1.91. The van der Waals surface area contributed by atoms with Gasteiger partial charge >= 0.3 is 0 Å². The second-order valence-corrected chi connectivity index (χ2v) is 5.89. The van der Waals surface area contributed by atoms with E-state index < -0.39 is 0 Å². The lowest BCUT2D eigenvalue weighted by atomic mass is 9.95. The molecule has 0 amide bonds. The zero-order chi connectivity index (χ0) is 13.4. The van der Waals surface area contributed by atoms with Crippen LogP contribution in [-0.4, -0.2) is 27.0 Å². The Labute approximate surface area is 115 Å². The van der Waals surface area contributed by atoms with Crippen LogP contribution < -0.4 is 0 Å². The SMILES string of the molecule is CC1CCCC(C)N1C(C)c1nc2ccccc2[nH]1. The number of likely N-dealkylation sites (tertiary alicyclic amines) is 1. The highest BCUT2D eigenvalue weighted by atomic mass is 15.2. The molecule has 0 radical (unpaired) electrons. The number of piperidine rings is 1. The zero-order valence-electron chi connectivity index (χ0n) is 12.1. The van der Waals surface area contributed by atoms with Crippen LogP contribution in [0.15, 0.2) is 24.3 Å². The molecule has 3 heteroatoms. The van der Waals surface area contributed by atoms with Gasteiger partial charge in [-0.15, -0.1) is 0 Å². The number of para-hydroxylation sites is 2. The number of nitrogens with one attached hydrogen (secondary N) is 1. The first-order chi connectivity index (χ1) is 9.16. The van der Waals surface area contributed by atoms with Crippen LogP contribution in [0.4, 0.5) is 0 Å². The van der Waals surface area contributed by atoms with Crippen molar-refractivity contribution in [2.45, 2.75) is 58.2 Å². The highest BCUT2D eigenvalue weighted by molar-refractivity contribution is 5.74. The van der Waals surface area contributed by atoms with E-state index in [1.165, 1.54) is 19.3 Å². The average Bonchev–Trinajstić information content (AvgIpc) is 2.82. The highest BCUT2D eigenvalue weighted by Gasteiger charge is 2.30. The molecule has 0 spiro atoms. The number of aromatic amines is 1. The number of fused-ring (bicyclic) bond motifs is 1. The van der Waals surface area contributed by atoms with Crippen molar-refractivity contribution < 1.29 is 0 Å². The van der Waals surface area contributed by atoms with Crippen LogP contribution in [0.1, 0.15) is 51.9 Å². The van der Waals surface area contributed by atoms with Crippen molar-refractivity contribution in [3.8, 4) is 0 Å². The van der Waals surface area contributed by atoms with E-state index >= 15 is 0 Å². The fourth-order valence-corrected chi connectivity index (χ4v) is 3.52. The number of nitrogens with zero attached hydrogens (tertiary/aromatic N) is 2. The van der Waals surface area contributed by atoms with Gasteiger partial charge in [0, 0.05) is 12.1 Å². The van der Waals surface area contributed by atoms with Crippen LogP contribution in [0.2, 0.25) is 0 Å². The van der Waals surface area contributed by atoms with Gasteiger partial charge in [-0.3, -0.25) is 4.90 Å². The summed E-state index contributed by atoms with van der Waals surface area (Å²) < 4.78 is 0. The number of rotatable bonds is 2. The summed E-state index contributed by atoms with van der Waals surface area (Å²) in [5.74, 6) is 1.10. The molecule has 1 saturated heterocycles. The molecule has 3 unspecified atom stereocenters. The zero-order valence-corrected chi connectivity index (χ0v) is 12.1. The van der Waals surface area contributed by atoms with Crippen molar-refractivity contribution in [1.82, 2.24) is 14.9 Å². The molecule has 3 rings (SSSR count).